The predicted octanol–water partition coefficient (Wildman–Crippen LogP) is 1.86. The maximum absolute atomic E-state index is 13.3. The molecular weight excluding hydrogens is 261 g/mol. The number of rotatable bonds is 5. The van der Waals surface area contributed by atoms with Crippen molar-refractivity contribution in [3.05, 3.63) is 29.6 Å². The molecule has 1 saturated heterocycles. The Hall–Kier alpha value is -1.17. The third-order valence-corrected chi connectivity index (χ3v) is 3.67. The van der Waals surface area contributed by atoms with E-state index < -0.39 is 6.10 Å². The SMILES string of the molecule is CC(O)c1cc(F)ccc1N1CCC(OCCO)CC1. The van der Waals surface area contributed by atoms with Gasteiger partial charge in [-0.3, -0.25) is 0 Å². The van der Waals surface area contributed by atoms with E-state index in [2.05, 4.69) is 4.90 Å². The van der Waals surface area contributed by atoms with E-state index in [9.17, 15) is 9.50 Å². The summed E-state index contributed by atoms with van der Waals surface area (Å²) < 4.78 is 18.8. The molecule has 2 N–H and O–H groups in total. The zero-order valence-electron chi connectivity index (χ0n) is 11.8. The number of halogens is 1. The smallest absolute Gasteiger partial charge is 0.123 e. The molecular formula is C15H22FNO3. The lowest BCUT2D eigenvalue weighted by Gasteiger charge is -2.35. The van der Waals surface area contributed by atoms with E-state index in [0.717, 1.165) is 31.6 Å². The molecule has 1 heterocycles. The second-order valence-corrected chi connectivity index (χ2v) is 5.16. The summed E-state index contributed by atoms with van der Waals surface area (Å²) in [6, 6.07) is 4.55. The largest absolute Gasteiger partial charge is 0.394 e. The van der Waals surface area contributed by atoms with Crippen LogP contribution in [0.5, 0.6) is 0 Å². The lowest BCUT2D eigenvalue weighted by atomic mass is 10.0. The average molecular weight is 283 g/mol. The first kappa shape index (κ1) is 15.2. The summed E-state index contributed by atoms with van der Waals surface area (Å²) in [7, 11) is 0. The number of aliphatic hydroxyl groups excluding tert-OH is 2. The first-order valence-electron chi connectivity index (χ1n) is 7.06. The number of hydrogen-bond donors (Lipinski definition) is 2. The molecule has 1 aliphatic heterocycles. The Morgan fingerprint density at radius 1 is 1.40 bits per heavy atom. The number of ether oxygens (including phenoxy) is 1. The molecule has 1 aliphatic rings. The van der Waals surface area contributed by atoms with Gasteiger partial charge in [-0.25, -0.2) is 4.39 Å². The number of aliphatic hydroxyl groups is 2. The van der Waals surface area contributed by atoms with Gasteiger partial charge in [-0.05, 0) is 38.0 Å². The van der Waals surface area contributed by atoms with Crippen LogP contribution in [0.2, 0.25) is 0 Å². The lowest BCUT2D eigenvalue weighted by Crippen LogP contribution is -2.38. The van der Waals surface area contributed by atoms with Crippen LogP contribution in [-0.4, -0.2) is 42.6 Å². The number of anilines is 1. The summed E-state index contributed by atoms with van der Waals surface area (Å²) in [6.45, 7) is 3.68. The molecule has 2 rings (SSSR count). The molecule has 1 aromatic carbocycles. The molecule has 0 saturated carbocycles. The van der Waals surface area contributed by atoms with Gasteiger partial charge in [-0.2, -0.15) is 0 Å². The molecule has 20 heavy (non-hydrogen) atoms. The van der Waals surface area contributed by atoms with Crippen molar-refractivity contribution >= 4 is 5.69 Å². The Morgan fingerprint density at radius 2 is 2.10 bits per heavy atom. The maximum atomic E-state index is 13.3. The Labute approximate surface area is 118 Å². The molecule has 0 spiro atoms. The van der Waals surface area contributed by atoms with E-state index in [-0.39, 0.29) is 18.5 Å². The van der Waals surface area contributed by atoms with Crippen LogP contribution in [0.3, 0.4) is 0 Å². The molecule has 0 aromatic heterocycles. The van der Waals surface area contributed by atoms with E-state index in [0.29, 0.717) is 12.2 Å². The van der Waals surface area contributed by atoms with Gasteiger partial charge < -0.3 is 19.8 Å². The summed E-state index contributed by atoms with van der Waals surface area (Å²) >= 11 is 0. The Kier molecular flexibility index (Phi) is 5.34. The fraction of sp³-hybridized carbons (Fsp3) is 0.600. The number of hydrogen-bond acceptors (Lipinski definition) is 4. The zero-order chi connectivity index (χ0) is 14.5. The number of nitrogens with zero attached hydrogens (tertiary/aromatic N) is 1. The number of piperidine rings is 1. The molecule has 1 fully saturated rings. The average Bonchev–Trinajstić information content (AvgIpc) is 2.45. The molecule has 0 radical (unpaired) electrons. The minimum absolute atomic E-state index is 0.0460. The van der Waals surface area contributed by atoms with Crippen LogP contribution in [0, 0.1) is 5.82 Å². The van der Waals surface area contributed by atoms with Gasteiger partial charge in [-0.1, -0.05) is 0 Å². The van der Waals surface area contributed by atoms with Crippen molar-refractivity contribution in [2.45, 2.75) is 32.0 Å². The molecule has 0 bridgehead atoms. The third-order valence-electron chi connectivity index (χ3n) is 3.67. The Morgan fingerprint density at radius 3 is 2.70 bits per heavy atom. The van der Waals surface area contributed by atoms with E-state index in [1.165, 1.54) is 12.1 Å². The third kappa shape index (κ3) is 3.69. The zero-order valence-corrected chi connectivity index (χ0v) is 11.8. The summed E-state index contributed by atoms with van der Waals surface area (Å²) in [5.41, 5.74) is 1.52. The van der Waals surface area contributed by atoms with E-state index >= 15 is 0 Å². The van der Waals surface area contributed by atoms with E-state index in [4.69, 9.17) is 9.84 Å². The van der Waals surface area contributed by atoms with Gasteiger partial charge in [0.2, 0.25) is 0 Å². The quantitative estimate of drug-likeness (QED) is 0.866. The first-order valence-corrected chi connectivity index (χ1v) is 7.06. The van der Waals surface area contributed by atoms with Crippen LogP contribution < -0.4 is 4.90 Å². The fourth-order valence-electron chi connectivity index (χ4n) is 2.63. The van der Waals surface area contributed by atoms with Gasteiger partial charge in [-0.15, -0.1) is 0 Å². The summed E-state index contributed by atoms with van der Waals surface area (Å²) in [5, 5.41) is 18.5. The van der Waals surface area contributed by atoms with E-state index in [1.807, 2.05) is 0 Å². The van der Waals surface area contributed by atoms with Crippen molar-refractivity contribution in [3.63, 3.8) is 0 Å². The standard InChI is InChI=1S/C15H22FNO3/c1-11(19)14-10-12(16)2-3-15(14)17-6-4-13(5-7-17)20-9-8-18/h2-3,10-11,13,18-19H,4-9H2,1H3. The molecule has 1 aromatic rings. The highest BCUT2D eigenvalue weighted by Gasteiger charge is 2.22. The van der Waals surface area contributed by atoms with Crippen LogP contribution >= 0.6 is 0 Å². The van der Waals surface area contributed by atoms with Gasteiger partial charge in [0, 0.05) is 24.3 Å². The van der Waals surface area contributed by atoms with Gasteiger partial charge in [0.25, 0.3) is 0 Å². The monoisotopic (exact) mass is 283 g/mol. The normalized spacial score (nSPS) is 18.3. The molecule has 1 atom stereocenters. The number of benzene rings is 1. The Balaban J connectivity index is 2.03. The summed E-state index contributed by atoms with van der Waals surface area (Å²) in [6.07, 6.45) is 1.23. The van der Waals surface area contributed by atoms with Crippen molar-refractivity contribution < 1.29 is 19.3 Å². The molecule has 4 nitrogen and oxygen atoms in total. The molecule has 5 heteroatoms. The predicted molar refractivity (Wildman–Crippen MR) is 75.3 cm³/mol. The fourth-order valence-corrected chi connectivity index (χ4v) is 2.63. The topological polar surface area (TPSA) is 52.9 Å². The van der Waals surface area contributed by atoms with Crippen LogP contribution in [-0.2, 0) is 4.74 Å². The molecule has 112 valence electrons. The van der Waals surface area contributed by atoms with Crippen LogP contribution in [0.1, 0.15) is 31.4 Å². The van der Waals surface area contributed by atoms with Crippen molar-refractivity contribution in [3.8, 4) is 0 Å². The van der Waals surface area contributed by atoms with Crippen molar-refractivity contribution in [1.29, 1.82) is 0 Å². The molecule has 0 amide bonds. The van der Waals surface area contributed by atoms with Gasteiger partial charge in [0.15, 0.2) is 0 Å². The van der Waals surface area contributed by atoms with Gasteiger partial charge in [0.1, 0.15) is 5.82 Å². The minimum Gasteiger partial charge on any atom is -0.394 e. The lowest BCUT2D eigenvalue weighted by molar-refractivity contribution is 0.0158. The van der Waals surface area contributed by atoms with Crippen molar-refractivity contribution in [1.82, 2.24) is 0 Å². The molecule has 0 aliphatic carbocycles. The second kappa shape index (κ2) is 7.02. The second-order valence-electron chi connectivity index (χ2n) is 5.16. The van der Waals surface area contributed by atoms with Crippen LogP contribution in [0.25, 0.3) is 0 Å². The highest BCUT2D eigenvalue weighted by molar-refractivity contribution is 5.55. The minimum atomic E-state index is -0.691. The van der Waals surface area contributed by atoms with Crippen molar-refractivity contribution in [2.24, 2.45) is 0 Å². The van der Waals surface area contributed by atoms with Gasteiger partial charge >= 0.3 is 0 Å². The van der Waals surface area contributed by atoms with Crippen LogP contribution in [0.4, 0.5) is 10.1 Å². The summed E-state index contributed by atoms with van der Waals surface area (Å²) in [4.78, 5) is 2.15. The maximum Gasteiger partial charge on any atom is 0.123 e. The first-order chi connectivity index (χ1) is 9.61. The molecule has 1 unspecified atom stereocenters. The van der Waals surface area contributed by atoms with Crippen molar-refractivity contribution in [2.75, 3.05) is 31.2 Å². The van der Waals surface area contributed by atoms with E-state index in [1.54, 1.807) is 13.0 Å². The highest BCUT2D eigenvalue weighted by Crippen LogP contribution is 2.29. The Bertz CT molecular complexity index is 431. The van der Waals surface area contributed by atoms with Gasteiger partial charge in [0.05, 0.1) is 25.4 Å². The highest BCUT2D eigenvalue weighted by atomic mass is 19.1. The van der Waals surface area contributed by atoms with Crippen LogP contribution in [0.15, 0.2) is 18.2 Å². The summed E-state index contributed by atoms with van der Waals surface area (Å²) in [5.74, 6) is -0.328.